The second-order valence-electron chi connectivity index (χ2n) is 4.98. The van der Waals surface area contributed by atoms with E-state index in [1.807, 2.05) is 0 Å². The van der Waals surface area contributed by atoms with Crippen molar-refractivity contribution in [3.63, 3.8) is 0 Å². The molecule has 0 heterocycles. The molecular weight excluding hydrogens is 204 g/mol. The third-order valence-corrected chi connectivity index (χ3v) is 3.69. The van der Waals surface area contributed by atoms with Crippen LogP contribution in [0.15, 0.2) is 42.5 Å². The lowest BCUT2D eigenvalue weighted by molar-refractivity contribution is 0.909. The van der Waals surface area contributed by atoms with Gasteiger partial charge in [0.15, 0.2) is 0 Å². The fourth-order valence-electron chi connectivity index (χ4n) is 2.77. The Morgan fingerprint density at radius 3 is 2.18 bits per heavy atom. The molecule has 0 nitrogen and oxygen atoms in total. The minimum Gasteiger partial charge on any atom is -0.0651 e. The Morgan fingerprint density at radius 2 is 1.47 bits per heavy atom. The summed E-state index contributed by atoms with van der Waals surface area (Å²) < 4.78 is 0. The van der Waals surface area contributed by atoms with Gasteiger partial charge in [0.05, 0.1) is 0 Å². The van der Waals surface area contributed by atoms with Crippen molar-refractivity contribution in [2.24, 2.45) is 0 Å². The normalized spacial score (nSPS) is 13.0. The molecule has 0 saturated heterocycles. The number of hydrogen-bond acceptors (Lipinski definition) is 0. The Balaban J connectivity index is 1.97. The highest BCUT2D eigenvalue weighted by Crippen LogP contribution is 2.27. The van der Waals surface area contributed by atoms with Gasteiger partial charge in [0.25, 0.3) is 0 Å². The molecule has 3 rings (SSSR count). The first-order chi connectivity index (χ1) is 8.36. The fourth-order valence-corrected chi connectivity index (χ4v) is 2.77. The van der Waals surface area contributed by atoms with E-state index in [2.05, 4.69) is 49.4 Å². The van der Waals surface area contributed by atoms with Crippen LogP contribution in [0.3, 0.4) is 0 Å². The Hall–Kier alpha value is -1.56. The quantitative estimate of drug-likeness (QED) is 0.611. The molecule has 1 aliphatic carbocycles. The van der Waals surface area contributed by atoms with Crippen molar-refractivity contribution in [2.45, 2.75) is 32.6 Å². The Morgan fingerprint density at radius 1 is 0.824 bits per heavy atom. The van der Waals surface area contributed by atoms with E-state index in [-0.39, 0.29) is 0 Å². The van der Waals surface area contributed by atoms with E-state index in [0.29, 0.717) is 0 Å². The van der Waals surface area contributed by atoms with E-state index < -0.39 is 0 Å². The SMILES string of the molecule is CCCc1ccc2c(c1)Cc1ccccc1C2. The van der Waals surface area contributed by atoms with Crippen LogP contribution >= 0.6 is 0 Å². The second-order valence-corrected chi connectivity index (χ2v) is 4.98. The van der Waals surface area contributed by atoms with Gasteiger partial charge >= 0.3 is 0 Å². The van der Waals surface area contributed by atoms with E-state index in [1.54, 1.807) is 0 Å². The highest BCUT2D eigenvalue weighted by Gasteiger charge is 2.14. The van der Waals surface area contributed by atoms with E-state index in [9.17, 15) is 0 Å². The van der Waals surface area contributed by atoms with Gasteiger partial charge in [-0.2, -0.15) is 0 Å². The minimum atomic E-state index is 1.11. The standard InChI is InChI=1S/C17H18/c1-2-5-13-8-9-16-11-14-6-3-4-7-15(14)12-17(16)10-13/h3-4,6-10H,2,5,11-12H2,1H3. The maximum Gasteiger partial charge on any atom is -0.00200 e. The summed E-state index contributed by atoms with van der Waals surface area (Å²) in [5, 5.41) is 0. The van der Waals surface area contributed by atoms with Gasteiger partial charge in [-0.15, -0.1) is 0 Å². The first-order valence-electron chi connectivity index (χ1n) is 6.54. The molecule has 2 aromatic rings. The molecule has 0 radical (unpaired) electrons. The van der Waals surface area contributed by atoms with Crippen LogP contribution in [0.4, 0.5) is 0 Å². The van der Waals surface area contributed by atoms with E-state index in [4.69, 9.17) is 0 Å². The van der Waals surface area contributed by atoms with Crippen LogP contribution in [-0.4, -0.2) is 0 Å². The van der Waals surface area contributed by atoms with Gasteiger partial charge in [0.2, 0.25) is 0 Å². The van der Waals surface area contributed by atoms with Gasteiger partial charge < -0.3 is 0 Å². The molecule has 0 heteroatoms. The smallest absolute Gasteiger partial charge is 0.00200 e. The van der Waals surface area contributed by atoms with Gasteiger partial charge in [0, 0.05) is 0 Å². The zero-order valence-electron chi connectivity index (χ0n) is 10.4. The lowest BCUT2D eigenvalue weighted by atomic mass is 9.85. The van der Waals surface area contributed by atoms with Crippen molar-refractivity contribution in [2.75, 3.05) is 0 Å². The van der Waals surface area contributed by atoms with Gasteiger partial charge in [-0.05, 0) is 47.1 Å². The molecule has 0 bridgehead atoms. The number of aryl methyl sites for hydroxylation is 1. The lowest BCUT2D eigenvalue weighted by Crippen LogP contribution is -2.07. The molecule has 0 amide bonds. The molecule has 0 aliphatic heterocycles. The van der Waals surface area contributed by atoms with Gasteiger partial charge in [-0.1, -0.05) is 55.8 Å². The predicted octanol–water partition coefficient (Wildman–Crippen LogP) is 4.13. The maximum absolute atomic E-state index is 2.41. The highest BCUT2D eigenvalue weighted by atomic mass is 14.2. The highest BCUT2D eigenvalue weighted by molar-refractivity contribution is 5.46. The summed E-state index contributed by atoms with van der Waals surface area (Å²) in [6, 6.07) is 15.9. The van der Waals surface area contributed by atoms with Crippen molar-refractivity contribution < 1.29 is 0 Å². The van der Waals surface area contributed by atoms with E-state index >= 15 is 0 Å². The minimum absolute atomic E-state index is 1.11. The third kappa shape index (κ3) is 2.00. The van der Waals surface area contributed by atoms with Gasteiger partial charge in [0.1, 0.15) is 0 Å². The number of benzene rings is 2. The Labute approximate surface area is 103 Å². The largest absolute Gasteiger partial charge is 0.0651 e. The summed E-state index contributed by atoms with van der Waals surface area (Å²) in [6.45, 7) is 2.24. The molecule has 0 spiro atoms. The first-order valence-corrected chi connectivity index (χ1v) is 6.54. The molecule has 2 aromatic carbocycles. The fraction of sp³-hybridized carbons (Fsp3) is 0.294. The molecule has 0 aromatic heterocycles. The number of rotatable bonds is 2. The summed E-state index contributed by atoms with van der Waals surface area (Å²) >= 11 is 0. The van der Waals surface area contributed by atoms with Crippen molar-refractivity contribution in [1.82, 2.24) is 0 Å². The van der Waals surface area contributed by atoms with E-state index in [0.717, 1.165) is 12.8 Å². The van der Waals surface area contributed by atoms with Crippen LogP contribution < -0.4 is 0 Å². The van der Waals surface area contributed by atoms with Gasteiger partial charge in [-0.3, -0.25) is 0 Å². The zero-order chi connectivity index (χ0) is 11.7. The van der Waals surface area contributed by atoms with Crippen molar-refractivity contribution >= 4 is 0 Å². The summed E-state index contributed by atoms with van der Waals surface area (Å²) in [5.74, 6) is 0. The molecule has 0 unspecified atom stereocenters. The number of hydrogen-bond donors (Lipinski definition) is 0. The van der Waals surface area contributed by atoms with Crippen molar-refractivity contribution in [3.05, 3.63) is 70.3 Å². The Bertz CT molecular complexity index is 537. The zero-order valence-corrected chi connectivity index (χ0v) is 10.4. The molecule has 0 saturated carbocycles. The average molecular weight is 222 g/mol. The molecule has 0 atom stereocenters. The monoisotopic (exact) mass is 222 g/mol. The van der Waals surface area contributed by atoms with Crippen LogP contribution in [0.25, 0.3) is 0 Å². The van der Waals surface area contributed by atoms with E-state index in [1.165, 1.54) is 40.7 Å². The summed E-state index contributed by atoms with van der Waals surface area (Å²) in [7, 11) is 0. The van der Waals surface area contributed by atoms with Crippen LogP contribution in [-0.2, 0) is 19.3 Å². The van der Waals surface area contributed by atoms with Crippen LogP contribution in [0, 0.1) is 0 Å². The molecule has 0 N–H and O–H groups in total. The predicted molar refractivity (Wildman–Crippen MR) is 72.5 cm³/mol. The van der Waals surface area contributed by atoms with Crippen LogP contribution in [0.2, 0.25) is 0 Å². The number of fused-ring (bicyclic) bond motifs is 2. The van der Waals surface area contributed by atoms with Crippen LogP contribution in [0.1, 0.15) is 41.2 Å². The molecular formula is C17H18. The first kappa shape index (κ1) is 10.6. The molecule has 17 heavy (non-hydrogen) atoms. The third-order valence-electron chi connectivity index (χ3n) is 3.69. The topological polar surface area (TPSA) is 0 Å². The second kappa shape index (κ2) is 4.37. The lowest BCUT2D eigenvalue weighted by Gasteiger charge is -2.20. The Kier molecular flexibility index (Phi) is 2.72. The maximum atomic E-state index is 2.41. The van der Waals surface area contributed by atoms with Crippen LogP contribution in [0.5, 0.6) is 0 Å². The summed E-state index contributed by atoms with van der Waals surface area (Å²) in [5.41, 5.74) is 7.56. The molecule has 86 valence electrons. The molecule has 0 fully saturated rings. The molecule has 1 aliphatic rings. The van der Waals surface area contributed by atoms with Crippen molar-refractivity contribution in [1.29, 1.82) is 0 Å². The summed E-state index contributed by atoms with van der Waals surface area (Å²) in [4.78, 5) is 0. The summed E-state index contributed by atoms with van der Waals surface area (Å²) in [6.07, 6.45) is 4.66. The average Bonchev–Trinajstić information content (AvgIpc) is 2.36. The van der Waals surface area contributed by atoms with Gasteiger partial charge in [-0.25, -0.2) is 0 Å². The van der Waals surface area contributed by atoms with Crippen molar-refractivity contribution in [3.8, 4) is 0 Å².